The zero-order valence-corrected chi connectivity index (χ0v) is 16.2. The van der Waals surface area contributed by atoms with Crippen molar-refractivity contribution in [2.24, 2.45) is 0 Å². The van der Waals surface area contributed by atoms with Crippen LogP contribution < -0.4 is 0 Å². The number of hydrogen-bond acceptors (Lipinski definition) is 2. The van der Waals surface area contributed by atoms with Crippen LogP contribution in [0.3, 0.4) is 0 Å². The monoisotopic (exact) mass is 322 g/mol. The van der Waals surface area contributed by atoms with Crippen LogP contribution in [0.15, 0.2) is 30.3 Å². The van der Waals surface area contributed by atoms with E-state index in [9.17, 15) is 4.79 Å². The number of H-pyrrole nitrogens is 1. The number of aromatic nitrogens is 2. The molecule has 2 aromatic rings. The molecule has 1 aromatic heterocycles. The molecule has 0 unspecified atom stereocenters. The molecule has 2 rings (SSSR count). The van der Waals surface area contributed by atoms with Crippen molar-refractivity contribution in [3.63, 3.8) is 0 Å². The van der Waals surface area contributed by atoms with Gasteiger partial charge < -0.3 is 5.11 Å². The Morgan fingerprint density at radius 3 is 1.74 bits per heavy atom. The molecule has 2 N–H and O–H groups in total. The summed E-state index contributed by atoms with van der Waals surface area (Å²) in [5.41, 5.74) is 2.35. The third-order valence-corrected chi connectivity index (χ3v) is 2.21. The van der Waals surface area contributed by atoms with Crippen LogP contribution in [0.5, 0.6) is 0 Å². The van der Waals surface area contributed by atoms with Crippen LogP contribution in [0.1, 0.15) is 71.6 Å². The molecule has 1 aromatic carbocycles. The van der Waals surface area contributed by atoms with Gasteiger partial charge in [-0.3, -0.25) is 5.10 Å². The van der Waals surface area contributed by atoms with E-state index in [1.807, 2.05) is 92.6 Å². The maximum absolute atomic E-state index is 10.9. The Labute approximate surface area is 142 Å². The number of carbonyl (C=O) groups is 1. The topological polar surface area (TPSA) is 66.0 Å². The van der Waals surface area contributed by atoms with E-state index in [1.165, 1.54) is 0 Å². The van der Waals surface area contributed by atoms with Crippen LogP contribution >= 0.6 is 0 Å². The minimum atomic E-state index is -1.02. The Morgan fingerprint density at radius 1 is 0.913 bits per heavy atom. The molecule has 0 spiro atoms. The molecule has 0 aliphatic carbocycles. The first-order valence-electron chi connectivity index (χ1n) is 8.54. The Balaban J connectivity index is -0.000000438. The predicted molar refractivity (Wildman–Crippen MR) is 101 cm³/mol. The van der Waals surface area contributed by atoms with Gasteiger partial charge in [-0.25, -0.2) is 4.79 Å². The molecule has 23 heavy (non-hydrogen) atoms. The van der Waals surface area contributed by atoms with Crippen LogP contribution in [0.25, 0.3) is 11.1 Å². The first-order valence-corrected chi connectivity index (χ1v) is 8.54. The Kier molecular flexibility index (Phi) is 20.2. The van der Waals surface area contributed by atoms with Crippen LogP contribution in [0, 0.1) is 6.92 Å². The lowest BCUT2D eigenvalue weighted by Gasteiger charge is -2.00. The van der Waals surface area contributed by atoms with Gasteiger partial charge in [0.05, 0.1) is 0 Å². The van der Waals surface area contributed by atoms with E-state index in [4.69, 9.17) is 5.11 Å². The van der Waals surface area contributed by atoms with Gasteiger partial charge in [0.1, 0.15) is 0 Å². The lowest BCUT2D eigenvalue weighted by atomic mass is 10.0. The van der Waals surface area contributed by atoms with E-state index in [1.54, 1.807) is 0 Å². The largest absolute Gasteiger partial charge is 0.476 e. The van der Waals surface area contributed by atoms with Crippen LogP contribution in [-0.4, -0.2) is 21.3 Å². The SMILES string of the molecule is CC.CC.CC.CC.Cc1[nH]nc(C(=O)O)c1-c1ccccc1. The summed E-state index contributed by atoms with van der Waals surface area (Å²) in [6, 6.07) is 9.36. The molecule has 4 heteroatoms. The second kappa shape index (κ2) is 18.0. The molecular formula is C19H34N2O2. The highest BCUT2D eigenvalue weighted by molar-refractivity contribution is 5.94. The van der Waals surface area contributed by atoms with Gasteiger partial charge in [0.25, 0.3) is 0 Å². The summed E-state index contributed by atoms with van der Waals surface area (Å²) < 4.78 is 0. The number of aryl methyl sites for hydroxylation is 1. The molecule has 0 bridgehead atoms. The minimum Gasteiger partial charge on any atom is -0.476 e. The quantitative estimate of drug-likeness (QED) is 0.693. The van der Waals surface area contributed by atoms with Crippen molar-refractivity contribution in [1.29, 1.82) is 0 Å². The summed E-state index contributed by atoms with van der Waals surface area (Å²) in [4.78, 5) is 10.9. The number of carboxylic acid groups (broad SMARTS) is 1. The van der Waals surface area contributed by atoms with Gasteiger partial charge in [0.15, 0.2) is 5.69 Å². The number of benzene rings is 1. The fourth-order valence-electron chi connectivity index (χ4n) is 1.54. The highest BCUT2D eigenvalue weighted by atomic mass is 16.4. The van der Waals surface area contributed by atoms with E-state index in [0.29, 0.717) is 5.56 Å². The molecule has 0 radical (unpaired) electrons. The van der Waals surface area contributed by atoms with Gasteiger partial charge in [-0.15, -0.1) is 0 Å². The summed E-state index contributed by atoms with van der Waals surface area (Å²) in [7, 11) is 0. The summed E-state index contributed by atoms with van der Waals surface area (Å²) in [5.74, 6) is -1.02. The third kappa shape index (κ3) is 8.81. The van der Waals surface area contributed by atoms with Crippen molar-refractivity contribution >= 4 is 5.97 Å². The molecule has 0 saturated carbocycles. The van der Waals surface area contributed by atoms with Gasteiger partial charge >= 0.3 is 5.97 Å². The molecular weight excluding hydrogens is 288 g/mol. The van der Waals surface area contributed by atoms with Gasteiger partial charge in [-0.05, 0) is 12.5 Å². The standard InChI is InChI=1S/C11H10N2O2.4C2H6/c1-7-9(8-5-3-2-4-6-8)10(11(14)15)13-12-7;4*1-2/h2-6H,1H3,(H,12,13)(H,14,15);4*1-2H3. The van der Waals surface area contributed by atoms with E-state index < -0.39 is 5.97 Å². The van der Waals surface area contributed by atoms with Crippen molar-refractivity contribution in [3.05, 3.63) is 41.7 Å². The average molecular weight is 322 g/mol. The maximum Gasteiger partial charge on any atom is 0.357 e. The molecule has 1 heterocycles. The fourth-order valence-corrected chi connectivity index (χ4v) is 1.54. The van der Waals surface area contributed by atoms with Crippen molar-refractivity contribution in [2.45, 2.75) is 62.3 Å². The third-order valence-electron chi connectivity index (χ3n) is 2.21. The number of aromatic carboxylic acids is 1. The predicted octanol–water partition coefficient (Wildman–Crippen LogP) is 6.19. The molecule has 0 aliphatic rings. The molecule has 0 amide bonds. The molecule has 4 nitrogen and oxygen atoms in total. The number of carboxylic acids is 1. The second-order valence-electron chi connectivity index (χ2n) is 3.24. The average Bonchev–Trinajstić information content (AvgIpc) is 3.04. The Morgan fingerprint density at radius 2 is 1.35 bits per heavy atom. The summed E-state index contributed by atoms with van der Waals surface area (Å²) in [5, 5.41) is 15.4. The number of hydrogen-bond donors (Lipinski definition) is 2. The fraction of sp³-hybridized carbons (Fsp3) is 0.474. The molecule has 0 atom stereocenters. The van der Waals surface area contributed by atoms with E-state index >= 15 is 0 Å². The van der Waals surface area contributed by atoms with Crippen molar-refractivity contribution in [2.75, 3.05) is 0 Å². The van der Waals surface area contributed by atoms with Crippen molar-refractivity contribution < 1.29 is 9.90 Å². The Hall–Kier alpha value is -2.10. The lowest BCUT2D eigenvalue weighted by Crippen LogP contribution is -1.99. The normalized spacial score (nSPS) is 7.70. The maximum atomic E-state index is 10.9. The number of aromatic amines is 1. The van der Waals surface area contributed by atoms with E-state index in [0.717, 1.165) is 11.3 Å². The first kappa shape index (κ1) is 25.8. The summed E-state index contributed by atoms with van der Waals surface area (Å²) >= 11 is 0. The van der Waals surface area contributed by atoms with Gasteiger partial charge in [-0.2, -0.15) is 5.10 Å². The first-order chi connectivity index (χ1) is 11.2. The second-order valence-corrected chi connectivity index (χ2v) is 3.24. The number of nitrogens with one attached hydrogen (secondary N) is 1. The zero-order valence-electron chi connectivity index (χ0n) is 16.2. The zero-order chi connectivity index (χ0) is 18.8. The smallest absolute Gasteiger partial charge is 0.357 e. The van der Waals surface area contributed by atoms with E-state index in [2.05, 4.69) is 10.2 Å². The van der Waals surface area contributed by atoms with Crippen molar-refractivity contribution in [1.82, 2.24) is 10.2 Å². The van der Waals surface area contributed by atoms with E-state index in [-0.39, 0.29) is 5.69 Å². The molecule has 0 saturated heterocycles. The highest BCUT2D eigenvalue weighted by Crippen LogP contribution is 2.25. The summed E-state index contributed by atoms with van der Waals surface area (Å²) in [6.45, 7) is 17.8. The summed E-state index contributed by atoms with van der Waals surface area (Å²) in [6.07, 6.45) is 0. The van der Waals surface area contributed by atoms with Crippen LogP contribution in [0.4, 0.5) is 0 Å². The van der Waals surface area contributed by atoms with Gasteiger partial charge in [0, 0.05) is 11.3 Å². The highest BCUT2D eigenvalue weighted by Gasteiger charge is 2.17. The molecule has 132 valence electrons. The molecule has 0 aliphatic heterocycles. The number of nitrogens with zero attached hydrogens (tertiary/aromatic N) is 1. The van der Waals surface area contributed by atoms with Crippen molar-refractivity contribution in [3.8, 4) is 11.1 Å². The minimum absolute atomic E-state index is 0.0682. The molecule has 0 fully saturated rings. The lowest BCUT2D eigenvalue weighted by molar-refractivity contribution is 0.0691. The van der Waals surface area contributed by atoms with Gasteiger partial charge in [0.2, 0.25) is 0 Å². The van der Waals surface area contributed by atoms with Crippen LogP contribution in [-0.2, 0) is 0 Å². The number of rotatable bonds is 2. The van der Waals surface area contributed by atoms with Crippen LogP contribution in [0.2, 0.25) is 0 Å². The van der Waals surface area contributed by atoms with Gasteiger partial charge in [-0.1, -0.05) is 85.7 Å². The Bertz CT molecular complexity index is 491.